The molecule has 0 radical (unpaired) electrons. The highest BCUT2D eigenvalue weighted by molar-refractivity contribution is 5.64. The largest absolute Gasteiger partial charge is 0.0952 e. The topological polar surface area (TPSA) is 0 Å². The average Bonchev–Trinajstić information content (AvgIpc) is 2.54. The third kappa shape index (κ3) is 3.01. The Labute approximate surface area is 123 Å². The average molecular weight is 264 g/mol. The molecule has 0 N–H and O–H groups in total. The van der Waals surface area contributed by atoms with Crippen LogP contribution in [0.1, 0.15) is 44.2 Å². The van der Waals surface area contributed by atoms with Crippen molar-refractivity contribution in [3.63, 3.8) is 0 Å². The number of rotatable bonds is 6. The summed E-state index contributed by atoms with van der Waals surface area (Å²) in [6, 6.07) is 21.4. The Hall–Kier alpha value is -1.82. The first-order valence-electron chi connectivity index (χ1n) is 7.50. The van der Waals surface area contributed by atoms with E-state index < -0.39 is 0 Å². The van der Waals surface area contributed by atoms with Crippen molar-refractivity contribution in [2.75, 3.05) is 0 Å². The maximum atomic E-state index is 4.33. The zero-order chi connectivity index (χ0) is 14.4. The van der Waals surface area contributed by atoms with E-state index in [9.17, 15) is 0 Å². The molecule has 0 aliphatic heterocycles. The van der Waals surface area contributed by atoms with E-state index in [-0.39, 0.29) is 5.41 Å². The molecule has 0 aromatic heterocycles. The number of hydrogen-bond donors (Lipinski definition) is 0. The van der Waals surface area contributed by atoms with Crippen molar-refractivity contribution < 1.29 is 0 Å². The molecule has 2 aromatic rings. The van der Waals surface area contributed by atoms with Gasteiger partial charge in [0.1, 0.15) is 0 Å². The van der Waals surface area contributed by atoms with Crippen LogP contribution >= 0.6 is 0 Å². The Bertz CT molecular complexity index is 533. The predicted molar refractivity (Wildman–Crippen MR) is 88.8 cm³/mol. The minimum Gasteiger partial charge on any atom is -0.0952 e. The van der Waals surface area contributed by atoms with Gasteiger partial charge in [-0.3, -0.25) is 0 Å². The highest BCUT2D eigenvalue weighted by atomic mass is 14.3. The fourth-order valence-electron chi connectivity index (χ4n) is 2.99. The molecule has 2 rings (SSSR count). The minimum atomic E-state index is 0.203. The standard InChI is InChI=1S/C20H24/c1-4-20(5-2,19-14-10-7-11-15-19)16-17(3)18-12-8-6-9-13-18/h6-15H,3-5,16H2,1-2H3. The van der Waals surface area contributed by atoms with Gasteiger partial charge in [-0.1, -0.05) is 81.1 Å². The molecule has 0 saturated carbocycles. The van der Waals surface area contributed by atoms with Crippen molar-refractivity contribution in [2.45, 2.75) is 38.5 Å². The second kappa shape index (κ2) is 6.56. The summed E-state index contributed by atoms with van der Waals surface area (Å²) < 4.78 is 0. The van der Waals surface area contributed by atoms with Crippen LogP contribution < -0.4 is 0 Å². The van der Waals surface area contributed by atoms with E-state index in [4.69, 9.17) is 0 Å². The second-order valence-corrected chi connectivity index (χ2v) is 5.50. The molecule has 0 fully saturated rings. The summed E-state index contributed by atoms with van der Waals surface area (Å²) in [4.78, 5) is 0. The van der Waals surface area contributed by atoms with E-state index in [1.165, 1.54) is 16.7 Å². The molecule has 0 nitrogen and oxygen atoms in total. The second-order valence-electron chi connectivity index (χ2n) is 5.50. The summed E-state index contributed by atoms with van der Waals surface area (Å²) in [6.07, 6.45) is 3.30. The summed E-state index contributed by atoms with van der Waals surface area (Å²) >= 11 is 0. The van der Waals surface area contributed by atoms with Crippen LogP contribution in [0.2, 0.25) is 0 Å². The third-order valence-corrected chi connectivity index (χ3v) is 4.47. The van der Waals surface area contributed by atoms with Crippen LogP contribution in [0.3, 0.4) is 0 Å². The van der Waals surface area contributed by atoms with Gasteiger partial charge in [-0.25, -0.2) is 0 Å². The van der Waals surface area contributed by atoms with Crippen LogP contribution in [0.15, 0.2) is 67.2 Å². The van der Waals surface area contributed by atoms with Crippen molar-refractivity contribution in [1.29, 1.82) is 0 Å². The molecule has 0 heteroatoms. The molecule has 2 aromatic carbocycles. The highest BCUT2D eigenvalue weighted by Crippen LogP contribution is 2.39. The van der Waals surface area contributed by atoms with Gasteiger partial charge in [0.25, 0.3) is 0 Å². The molecule has 20 heavy (non-hydrogen) atoms. The summed E-state index contributed by atoms with van der Waals surface area (Å²) in [5.74, 6) is 0. The Morgan fingerprint density at radius 2 is 1.35 bits per heavy atom. The van der Waals surface area contributed by atoms with E-state index in [1.54, 1.807) is 0 Å². The third-order valence-electron chi connectivity index (χ3n) is 4.47. The van der Waals surface area contributed by atoms with Crippen molar-refractivity contribution >= 4 is 5.57 Å². The van der Waals surface area contributed by atoms with Gasteiger partial charge < -0.3 is 0 Å². The van der Waals surface area contributed by atoms with Gasteiger partial charge in [-0.15, -0.1) is 0 Å². The summed E-state index contributed by atoms with van der Waals surface area (Å²) in [5, 5.41) is 0. The van der Waals surface area contributed by atoms with Gasteiger partial charge in [0.05, 0.1) is 0 Å². The molecule has 0 spiro atoms. The van der Waals surface area contributed by atoms with Gasteiger partial charge in [0.15, 0.2) is 0 Å². The number of hydrogen-bond acceptors (Lipinski definition) is 0. The minimum absolute atomic E-state index is 0.203. The van der Waals surface area contributed by atoms with E-state index in [0.717, 1.165) is 19.3 Å². The molecular weight excluding hydrogens is 240 g/mol. The Morgan fingerprint density at radius 1 is 0.850 bits per heavy atom. The maximum Gasteiger partial charge on any atom is -0.00119 e. The van der Waals surface area contributed by atoms with Crippen LogP contribution in [0.5, 0.6) is 0 Å². The maximum absolute atomic E-state index is 4.33. The van der Waals surface area contributed by atoms with Gasteiger partial charge in [-0.05, 0) is 41.4 Å². The van der Waals surface area contributed by atoms with Crippen LogP contribution in [0.4, 0.5) is 0 Å². The van der Waals surface area contributed by atoms with Gasteiger partial charge in [0, 0.05) is 0 Å². The Kier molecular flexibility index (Phi) is 4.79. The molecule has 0 amide bonds. The van der Waals surface area contributed by atoms with Crippen LogP contribution in [-0.2, 0) is 5.41 Å². The smallest absolute Gasteiger partial charge is 0.00119 e. The molecule has 0 saturated heterocycles. The lowest BCUT2D eigenvalue weighted by Gasteiger charge is -2.33. The monoisotopic (exact) mass is 264 g/mol. The lowest BCUT2D eigenvalue weighted by atomic mass is 9.71. The molecule has 0 bridgehead atoms. The zero-order valence-electron chi connectivity index (χ0n) is 12.6. The normalized spacial score (nSPS) is 11.3. The molecule has 0 heterocycles. The van der Waals surface area contributed by atoms with Gasteiger partial charge in [0.2, 0.25) is 0 Å². The van der Waals surface area contributed by atoms with Crippen molar-refractivity contribution in [3.05, 3.63) is 78.4 Å². The van der Waals surface area contributed by atoms with Gasteiger partial charge in [-0.2, -0.15) is 0 Å². The molecule has 0 aliphatic carbocycles. The first-order chi connectivity index (χ1) is 9.72. The summed E-state index contributed by atoms with van der Waals surface area (Å²) in [7, 11) is 0. The quantitative estimate of drug-likeness (QED) is 0.614. The van der Waals surface area contributed by atoms with E-state index in [1.807, 2.05) is 0 Å². The lowest BCUT2D eigenvalue weighted by molar-refractivity contribution is 0.406. The number of allylic oxidation sites excluding steroid dienone is 1. The molecular formula is C20H24. The zero-order valence-corrected chi connectivity index (χ0v) is 12.6. The van der Waals surface area contributed by atoms with Crippen molar-refractivity contribution in [1.82, 2.24) is 0 Å². The van der Waals surface area contributed by atoms with E-state index in [2.05, 4.69) is 81.1 Å². The summed E-state index contributed by atoms with van der Waals surface area (Å²) in [5.41, 5.74) is 4.13. The fraction of sp³-hybridized carbons (Fsp3) is 0.300. The SMILES string of the molecule is C=C(CC(CC)(CC)c1ccccc1)c1ccccc1. The van der Waals surface area contributed by atoms with Gasteiger partial charge >= 0.3 is 0 Å². The van der Waals surface area contributed by atoms with Crippen LogP contribution in [-0.4, -0.2) is 0 Å². The lowest BCUT2D eigenvalue weighted by Crippen LogP contribution is -2.24. The van der Waals surface area contributed by atoms with E-state index in [0.29, 0.717) is 0 Å². The van der Waals surface area contributed by atoms with E-state index >= 15 is 0 Å². The van der Waals surface area contributed by atoms with Crippen LogP contribution in [0.25, 0.3) is 5.57 Å². The van der Waals surface area contributed by atoms with Crippen molar-refractivity contribution in [3.8, 4) is 0 Å². The molecule has 0 atom stereocenters. The predicted octanol–water partition coefficient (Wildman–Crippen LogP) is 5.85. The Balaban J connectivity index is 2.29. The molecule has 0 aliphatic rings. The summed E-state index contributed by atoms with van der Waals surface area (Å²) in [6.45, 7) is 8.90. The van der Waals surface area contributed by atoms with Crippen LogP contribution in [0, 0.1) is 0 Å². The number of benzene rings is 2. The fourth-order valence-corrected chi connectivity index (χ4v) is 2.99. The first-order valence-corrected chi connectivity index (χ1v) is 7.50. The van der Waals surface area contributed by atoms with Crippen molar-refractivity contribution in [2.24, 2.45) is 0 Å². The first kappa shape index (κ1) is 14.6. The Morgan fingerprint density at radius 3 is 1.85 bits per heavy atom. The highest BCUT2D eigenvalue weighted by Gasteiger charge is 2.29. The molecule has 0 unspecified atom stereocenters. The molecule has 104 valence electrons.